The van der Waals surface area contributed by atoms with E-state index in [1.165, 1.54) is 7.11 Å². The van der Waals surface area contributed by atoms with Crippen LogP contribution in [0.3, 0.4) is 0 Å². The first kappa shape index (κ1) is 14.0. The Hall–Kier alpha value is -2.44. The highest BCUT2D eigenvalue weighted by Gasteiger charge is 2.16. The van der Waals surface area contributed by atoms with Gasteiger partial charge in [0.25, 0.3) is 0 Å². The number of ether oxygens (including phenoxy) is 1. The van der Waals surface area contributed by atoms with Crippen LogP contribution in [0.2, 0.25) is 0 Å². The van der Waals surface area contributed by atoms with Crippen molar-refractivity contribution < 1.29 is 9.53 Å². The van der Waals surface area contributed by atoms with Crippen LogP contribution in [0.25, 0.3) is 11.4 Å². The van der Waals surface area contributed by atoms with E-state index in [0.29, 0.717) is 12.2 Å². The van der Waals surface area contributed by atoms with Crippen molar-refractivity contribution in [1.82, 2.24) is 20.2 Å². The molecule has 0 spiro atoms. The van der Waals surface area contributed by atoms with Gasteiger partial charge in [0.1, 0.15) is 6.04 Å². The van der Waals surface area contributed by atoms with Crippen molar-refractivity contribution >= 4 is 11.7 Å². The summed E-state index contributed by atoms with van der Waals surface area (Å²) in [7, 11) is 3.16. The fourth-order valence-corrected chi connectivity index (χ4v) is 1.89. The van der Waals surface area contributed by atoms with Crippen molar-refractivity contribution in [2.75, 3.05) is 12.4 Å². The van der Waals surface area contributed by atoms with E-state index < -0.39 is 0 Å². The maximum Gasteiger partial charge on any atom is 0.328 e. The fourth-order valence-electron chi connectivity index (χ4n) is 1.89. The number of methoxy groups -OCH3 is 1. The molecule has 0 aliphatic carbocycles. The molecule has 7 heteroatoms. The number of esters is 1. The number of carbonyl (C=O) groups is 1. The highest BCUT2D eigenvalue weighted by Crippen LogP contribution is 2.20. The van der Waals surface area contributed by atoms with Crippen molar-refractivity contribution in [2.45, 2.75) is 19.4 Å². The van der Waals surface area contributed by atoms with E-state index in [1.54, 1.807) is 11.7 Å². The molecule has 0 aliphatic rings. The highest BCUT2D eigenvalue weighted by molar-refractivity contribution is 5.79. The van der Waals surface area contributed by atoms with Gasteiger partial charge in [-0.3, -0.25) is 0 Å². The summed E-state index contributed by atoms with van der Waals surface area (Å²) in [6.07, 6.45) is 0.641. The van der Waals surface area contributed by atoms with E-state index in [1.807, 2.05) is 31.2 Å². The number of hydrogen-bond acceptors (Lipinski definition) is 6. The first-order valence-corrected chi connectivity index (χ1v) is 6.32. The van der Waals surface area contributed by atoms with Crippen LogP contribution in [-0.2, 0) is 16.6 Å². The van der Waals surface area contributed by atoms with Crippen LogP contribution in [0.1, 0.15) is 13.3 Å². The minimum atomic E-state index is -0.368. The number of hydrogen-bond donors (Lipinski definition) is 1. The van der Waals surface area contributed by atoms with Gasteiger partial charge in [0.2, 0.25) is 0 Å². The third kappa shape index (κ3) is 2.93. The Balaban J connectivity index is 2.22. The summed E-state index contributed by atoms with van der Waals surface area (Å²) in [6, 6.07) is 7.22. The number of tetrazole rings is 1. The van der Waals surface area contributed by atoms with Gasteiger partial charge in [-0.05, 0) is 29.0 Å². The topological polar surface area (TPSA) is 81.9 Å². The Kier molecular flexibility index (Phi) is 4.29. The SMILES string of the molecule is CCC(Nc1cccc(-c2nnnn2C)c1)C(=O)OC. The van der Waals surface area contributed by atoms with E-state index in [0.717, 1.165) is 11.3 Å². The third-order valence-corrected chi connectivity index (χ3v) is 2.98. The van der Waals surface area contributed by atoms with Gasteiger partial charge in [0, 0.05) is 18.3 Å². The van der Waals surface area contributed by atoms with Gasteiger partial charge in [-0.25, -0.2) is 9.48 Å². The Labute approximate surface area is 116 Å². The molecule has 1 aromatic heterocycles. The number of rotatable bonds is 5. The van der Waals surface area contributed by atoms with E-state index in [-0.39, 0.29) is 12.0 Å². The standard InChI is InChI=1S/C13H17N5O2/c1-4-11(13(19)20-3)14-10-7-5-6-9(8-10)12-15-16-17-18(12)2/h5-8,11,14H,4H2,1-3H3. The molecule has 1 aromatic carbocycles. The molecule has 0 bridgehead atoms. The molecular formula is C13H17N5O2. The van der Waals surface area contributed by atoms with Crippen molar-refractivity contribution in [3.8, 4) is 11.4 Å². The molecule has 7 nitrogen and oxygen atoms in total. The number of aromatic nitrogens is 4. The van der Waals surface area contributed by atoms with Crippen molar-refractivity contribution in [1.29, 1.82) is 0 Å². The highest BCUT2D eigenvalue weighted by atomic mass is 16.5. The number of anilines is 1. The van der Waals surface area contributed by atoms with Gasteiger partial charge >= 0.3 is 5.97 Å². The van der Waals surface area contributed by atoms with Crippen LogP contribution in [0.15, 0.2) is 24.3 Å². The van der Waals surface area contributed by atoms with Crippen molar-refractivity contribution in [3.05, 3.63) is 24.3 Å². The van der Waals surface area contributed by atoms with Crippen LogP contribution < -0.4 is 5.32 Å². The molecule has 0 amide bonds. The summed E-state index contributed by atoms with van der Waals surface area (Å²) < 4.78 is 6.35. The maximum absolute atomic E-state index is 11.6. The summed E-state index contributed by atoms with van der Waals surface area (Å²) in [5.74, 6) is 0.387. The van der Waals surface area contributed by atoms with E-state index in [4.69, 9.17) is 4.74 Å². The first-order chi connectivity index (χ1) is 9.65. The van der Waals surface area contributed by atoms with Gasteiger partial charge in [-0.2, -0.15) is 0 Å². The van der Waals surface area contributed by atoms with Crippen LogP contribution in [0.4, 0.5) is 5.69 Å². The molecule has 20 heavy (non-hydrogen) atoms. The molecular weight excluding hydrogens is 258 g/mol. The van der Waals surface area contributed by atoms with Crippen molar-refractivity contribution in [2.24, 2.45) is 7.05 Å². The second kappa shape index (κ2) is 6.14. The predicted octanol–water partition coefficient (Wildman–Crippen LogP) is 1.24. The Morgan fingerprint density at radius 2 is 2.30 bits per heavy atom. The van der Waals surface area contributed by atoms with Crippen molar-refractivity contribution in [3.63, 3.8) is 0 Å². The zero-order valence-corrected chi connectivity index (χ0v) is 11.7. The van der Waals surface area contributed by atoms with Gasteiger partial charge in [0.05, 0.1) is 7.11 Å². The number of aryl methyl sites for hydroxylation is 1. The minimum Gasteiger partial charge on any atom is -0.467 e. The molecule has 0 saturated heterocycles. The first-order valence-electron chi connectivity index (χ1n) is 6.32. The average Bonchev–Trinajstić information content (AvgIpc) is 2.90. The molecule has 0 radical (unpaired) electrons. The third-order valence-electron chi connectivity index (χ3n) is 2.98. The number of nitrogens with zero attached hydrogens (tertiary/aromatic N) is 4. The molecule has 0 fully saturated rings. The number of carbonyl (C=O) groups excluding carboxylic acids is 1. The van der Waals surface area contributed by atoms with Crippen LogP contribution in [-0.4, -0.2) is 39.3 Å². The maximum atomic E-state index is 11.6. The molecule has 106 valence electrons. The molecule has 1 atom stereocenters. The molecule has 0 saturated carbocycles. The average molecular weight is 275 g/mol. The summed E-state index contributed by atoms with van der Waals surface area (Å²) in [4.78, 5) is 11.6. The Bertz CT molecular complexity index is 596. The lowest BCUT2D eigenvalue weighted by Crippen LogP contribution is -2.29. The predicted molar refractivity (Wildman–Crippen MR) is 74.0 cm³/mol. The quantitative estimate of drug-likeness (QED) is 0.827. The Morgan fingerprint density at radius 3 is 2.90 bits per heavy atom. The lowest BCUT2D eigenvalue weighted by atomic mass is 10.1. The lowest BCUT2D eigenvalue weighted by molar-refractivity contribution is -0.141. The van der Waals surface area contributed by atoms with Gasteiger partial charge in [-0.1, -0.05) is 19.1 Å². The Morgan fingerprint density at radius 1 is 1.50 bits per heavy atom. The van der Waals surface area contributed by atoms with E-state index >= 15 is 0 Å². The van der Waals surface area contributed by atoms with Crippen LogP contribution in [0.5, 0.6) is 0 Å². The zero-order chi connectivity index (χ0) is 14.5. The number of nitrogens with one attached hydrogen (secondary N) is 1. The molecule has 1 unspecified atom stereocenters. The smallest absolute Gasteiger partial charge is 0.328 e. The normalized spacial score (nSPS) is 11.9. The van der Waals surface area contributed by atoms with Crippen LogP contribution in [0, 0.1) is 0 Å². The summed E-state index contributed by atoms with van der Waals surface area (Å²) in [5.41, 5.74) is 1.70. The summed E-state index contributed by atoms with van der Waals surface area (Å²) >= 11 is 0. The van der Waals surface area contributed by atoms with Crippen LogP contribution >= 0.6 is 0 Å². The summed E-state index contributed by atoms with van der Waals surface area (Å²) in [5, 5.41) is 14.5. The fraction of sp³-hybridized carbons (Fsp3) is 0.385. The second-order valence-electron chi connectivity index (χ2n) is 4.34. The van der Waals surface area contributed by atoms with E-state index in [9.17, 15) is 4.79 Å². The van der Waals surface area contributed by atoms with Gasteiger partial charge < -0.3 is 10.1 Å². The minimum absolute atomic E-state index is 0.279. The molecule has 0 aliphatic heterocycles. The zero-order valence-electron chi connectivity index (χ0n) is 11.7. The van der Waals surface area contributed by atoms with Gasteiger partial charge in [0.15, 0.2) is 5.82 Å². The molecule has 1 N–H and O–H groups in total. The molecule has 2 rings (SSSR count). The summed E-state index contributed by atoms with van der Waals surface area (Å²) in [6.45, 7) is 1.92. The molecule has 1 heterocycles. The van der Waals surface area contributed by atoms with Gasteiger partial charge in [-0.15, -0.1) is 5.10 Å². The lowest BCUT2D eigenvalue weighted by Gasteiger charge is -2.16. The number of benzene rings is 1. The molecule has 2 aromatic rings. The largest absolute Gasteiger partial charge is 0.467 e. The second-order valence-corrected chi connectivity index (χ2v) is 4.34. The monoisotopic (exact) mass is 275 g/mol. The van der Waals surface area contributed by atoms with E-state index in [2.05, 4.69) is 20.8 Å².